The van der Waals surface area contributed by atoms with Crippen LogP contribution in [0.25, 0.3) is 0 Å². The van der Waals surface area contributed by atoms with E-state index >= 15 is 0 Å². The first kappa shape index (κ1) is 20.0. The monoisotopic (exact) mass is 694 g/mol. The molecule has 0 aliphatic heterocycles. The molecule has 2 aromatic heterocycles. The van der Waals surface area contributed by atoms with Crippen molar-refractivity contribution in [1.29, 1.82) is 0 Å². The third kappa shape index (κ3) is 6.47. The summed E-state index contributed by atoms with van der Waals surface area (Å²) in [6.07, 6.45) is 5.01. The van der Waals surface area contributed by atoms with Gasteiger partial charge in [-0.1, -0.05) is 108 Å². The Morgan fingerprint density at radius 3 is 1.83 bits per heavy atom. The number of pyridine rings is 2. The number of aromatic nitrogens is 2. The van der Waals surface area contributed by atoms with E-state index in [0.717, 1.165) is 11.1 Å². The van der Waals surface area contributed by atoms with Crippen LogP contribution >= 0.6 is 95.6 Å². The molecule has 0 spiro atoms. The highest BCUT2D eigenvalue weighted by Gasteiger charge is 2.21. The number of rotatable bonds is 3. The molecule has 0 saturated carbocycles. The lowest BCUT2D eigenvalue weighted by molar-refractivity contribution is 1.21. The number of halogens is 6. The number of alkyl halides is 6. The lowest BCUT2D eigenvalue weighted by atomic mass is 10.3. The number of aliphatic imine (C=N–C) groups is 1. The zero-order chi connectivity index (χ0) is 17.1. The van der Waals surface area contributed by atoms with Gasteiger partial charge in [-0.2, -0.15) is 0 Å². The first-order valence-electron chi connectivity index (χ1n) is 6.02. The summed E-state index contributed by atoms with van der Waals surface area (Å²) < 4.78 is -0.935. The minimum atomic E-state index is -0.471. The lowest BCUT2D eigenvalue weighted by Crippen LogP contribution is -2.02. The summed E-state index contributed by atoms with van der Waals surface area (Å²) in [6, 6.07) is 7.51. The molecule has 23 heavy (non-hydrogen) atoms. The van der Waals surface area contributed by atoms with Crippen LogP contribution in [0.1, 0.15) is 11.1 Å². The van der Waals surface area contributed by atoms with Gasteiger partial charge in [0, 0.05) is 23.5 Å². The van der Waals surface area contributed by atoms with E-state index in [-0.39, 0.29) is 0 Å². The van der Waals surface area contributed by atoms with Gasteiger partial charge in [0.05, 0.1) is 6.34 Å². The molecule has 0 aromatic carbocycles. The van der Waals surface area contributed by atoms with Crippen LogP contribution in [0, 0.1) is 0 Å². The SMILES string of the molecule is BrC(Br)(Br)c1ccc(N=CNc2ccc(C(Br)(Br)Br)cn2)nc1. The van der Waals surface area contributed by atoms with Crippen LogP contribution in [0.4, 0.5) is 11.6 Å². The van der Waals surface area contributed by atoms with Gasteiger partial charge >= 0.3 is 0 Å². The molecular formula is C13H8Br6N4. The van der Waals surface area contributed by atoms with E-state index in [1.54, 1.807) is 18.7 Å². The average Bonchev–Trinajstić information content (AvgIpc) is 2.46. The fourth-order valence-corrected chi connectivity index (χ4v) is 2.85. The first-order chi connectivity index (χ1) is 10.7. The second kappa shape index (κ2) is 8.35. The predicted molar refractivity (Wildman–Crippen MR) is 117 cm³/mol. The van der Waals surface area contributed by atoms with Crippen molar-refractivity contribution in [3.05, 3.63) is 47.8 Å². The molecule has 0 saturated heterocycles. The maximum atomic E-state index is 4.29. The Balaban J connectivity index is 1.99. The Hall–Kier alpha value is 0.650. The summed E-state index contributed by atoms with van der Waals surface area (Å²) in [5, 5.41) is 3.00. The summed E-state index contributed by atoms with van der Waals surface area (Å²) in [6.45, 7) is 0. The Bertz CT molecular complexity index is 674. The maximum absolute atomic E-state index is 4.29. The van der Waals surface area contributed by atoms with Gasteiger partial charge < -0.3 is 5.32 Å². The van der Waals surface area contributed by atoms with Crippen LogP contribution in [-0.2, 0) is 4.29 Å². The van der Waals surface area contributed by atoms with Crippen LogP contribution in [0.15, 0.2) is 41.7 Å². The van der Waals surface area contributed by atoms with Crippen LogP contribution in [-0.4, -0.2) is 16.3 Å². The van der Waals surface area contributed by atoms with Crippen molar-refractivity contribution >= 4 is 114 Å². The molecular weight excluding hydrogens is 692 g/mol. The molecule has 4 nitrogen and oxygen atoms in total. The topological polar surface area (TPSA) is 50.2 Å². The number of nitrogens with one attached hydrogen (secondary N) is 1. The average molecular weight is 700 g/mol. The normalized spacial score (nSPS) is 12.6. The molecule has 0 aliphatic carbocycles. The van der Waals surface area contributed by atoms with Crippen molar-refractivity contribution in [3.8, 4) is 0 Å². The van der Waals surface area contributed by atoms with Crippen molar-refractivity contribution in [1.82, 2.24) is 9.97 Å². The summed E-state index contributed by atoms with van der Waals surface area (Å²) >= 11 is 20.6. The van der Waals surface area contributed by atoms with Crippen molar-refractivity contribution < 1.29 is 0 Å². The van der Waals surface area contributed by atoms with E-state index in [4.69, 9.17) is 0 Å². The van der Waals surface area contributed by atoms with Gasteiger partial charge in [-0.25, -0.2) is 15.0 Å². The summed E-state index contributed by atoms with van der Waals surface area (Å²) in [5.74, 6) is 1.28. The van der Waals surface area contributed by atoms with Crippen molar-refractivity contribution in [2.45, 2.75) is 4.29 Å². The van der Waals surface area contributed by atoms with Crippen molar-refractivity contribution in [3.63, 3.8) is 0 Å². The van der Waals surface area contributed by atoms with Gasteiger partial charge in [-0.05, 0) is 12.1 Å². The fraction of sp³-hybridized carbons (Fsp3) is 0.154. The van der Waals surface area contributed by atoms with Gasteiger partial charge in [0.1, 0.15) is 5.82 Å². The number of hydrogen-bond donors (Lipinski definition) is 1. The summed E-state index contributed by atoms with van der Waals surface area (Å²) in [4.78, 5) is 12.8. The number of hydrogen-bond acceptors (Lipinski definition) is 3. The van der Waals surface area contributed by atoms with Gasteiger partial charge in [-0.15, -0.1) is 0 Å². The molecule has 2 heterocycles. The molecule has 0 amide bonds. The Kier molecular flexibility index (Phi) is 7.25. The van der Waals surface area contributed by atoms with E-state index in [9.17, 15) is 0 Å². The van der Waals surface area contributed by atoms with E-state index < -0.39 is 4.29 Å². The van der Waals surface area contributed by atoms with Crippen LogP contribution in [0.2, 0.25) is 0 Å². The third-order valence-electron chi connectivity index (χ3n) is 2.58. The van der Waals surface area contributed by atoms with Gasteiger partial charge in [-0.3, -0.25) is 0 Å². The largest absolute Gasteiger partial charge is 0.331 e. The van der Waals surface area contributed by atoms with Crippen molar-refractivity contribution in [2.24, 2.45) is 4.99 Å². The highest BCUT2D eigenvalue weighted by Crippen LogP contribution is 2.44. The standard InChI is InChI=1S/C13H8Br6N4/c14-12(15,16)8-1-3-10(20-5-8)22-7-23-11-4-2-9(6-21-11)13(17,18)19/h1-7H,(H,20,21,22,23). The second-order valence-corrected chi connectivity index (χ2v) is 17.8. The first-order valence-corrected chi connectivity index (χ1v) is 10.8. The van der Waals surface area contributed by atoms with E-state index in [2.05, 4.69) is 116 Å². The van der Waals surface area contributed by atoms with Crippen LogP contribution in [0.5, 0.6) is 0 Å². The molecule has 1 N–H and O–H groups in total. The Labute approximate surface area is 184 Å². The van der Waals surface area contributed by atoms with E-state index in [0.29, 0.717) is 11.6 Å². The predicted octanol–water partition coefficient (Wildman–Crippen LogP) is 6.84. The highest BCUT2D eigenvalue weighted by molar-refractivity contribution is 9.39. The Morgan fingerprint density at radius 2 is 1.39 bits per heavy atom. The summed E-state index contributed by atoms with van der Waals surface area (Å²) in [7, 11) is 0. The van der Waals surface area contributed by atoms with E-state index in [1.165, 1.54) is 0 Å². The minimum Gasteiger partial charge on any atom is -0.331 e. The van der Waals surface area contributed by atoms with E-state index in [1.807, 2.05) is 24.3 Å². The summed E-state index contributed by atoms with van der Waals surface area (Å²) in [5.41, 5.74) is 1.88. The van der Waals surface area contributed by atoms with Gasteiger partial charge in [0.15, 0.2) is 10.1 Å². The minimum absolute atomic E-state index is 0.465. The molecule has 0 aliphatic rings. The molecule has 0 bridgehead atoms. The van der Waals surface area contributed by atoms with Gasteiger partial charge in [0.2, 0.25) is 0 Å². The molecule has 0 fully saturated rings. The maximum Gasteiger partial charge on any atom is 0.161 e. The molecule has 2 aromatic rings. The van der Waals surface area contributed by atoms with Crippen LogP contribution in [0.3, 0.4) is 0 Å². The molecule has 0 atom stereocenters. The second-order valence-electron chi connectivity index (χ2n) is 4.24. The molecule has 122 valence electrons. The van der Waals surface area contributed by atoms with Crippen LogP contribution < -0.4 is 5.32 Å². The molecule has 10 heteroatoms. The highest BCUT2D eigenvalue weighted by atomic mass is 80.0. The van der Waals surface area contributed by atoms with Gasteiger partial charge in [0.25, 0.3) is 0 Å². The van der Waals surface area contributed by atoms with Crippen molar-refractivity contribution in [2.75, 3.05) is 5.32 Å². The Morgan fingerprint density at radius 1 is 0.826 bits per heavy atom. The third-order valence-corrected chi connectivity index (χ3v) is 5.32. The quantitative estimate of drug-likeness (QED) is 0.217. The fourth-order valence-electron chi connectivity index (χ4n) is 1.44. The zero-order valence-corrected chi connectivity index (χ0v) is 20.7. The molecule has 2 rings (SSSR count). The molecule has 0 radical (unpaired) electrons. The molecule has 0 unspecified atom stereocenters. The number of anilines is 1. The number of nitrogens with zero attached hydrogens (tertiary/aromatic N) is 3. The smallest absolute Gasteiger partial charge is 0.161 e. The lowest BCUT2D eigenvalue weighted by Gasteiger charge is -2.12. The zero-order valence-electron chi connectivity index (χ0n) is 11.2.